The highest BCUT2D eigenvalue weighted by atomic mass is 15.3. The second kappa shape index (κ2) is 6.39. The summed E-state index contributed by atoms with van der Waals surface area (Å²) in [4.78, 5) is 0. The number of nitrogens with one attached hydrogen (secondary N) is 1. The van der Waals surface area contributed by atoms with Crippen LogP contribution in [-0.4, -0.2) is 21.3 Å². The van der Waals surface area contributed by atoms with Gasteiger partial charge in [-0.2, -0.15) is 0 Å². The van der Waals surface area contributed by atoms with Gasteiger partial charge in [-0.05, 0) is 30.9 Å². The zero-order valence-electron chi connectivity index (χ0n) is 13.0. The van der Waals surface area contributed by atoms with Gasteiger partial charge in [-0.3, -0.25) is 0 Å². The Hall–Kier alpha value is -1.68. The van der Waals surface area contributed by atoms with Gasteiger partial charge in [0.05, 0.1) is 6.04 Å². The fraction of sp³-hybridized carbons (Fsp3) is 0.529. The monoisotopic (exact) mass is 284 g/mol. The van der Waals surface area contributed by atoms with Crippen molar-refractivity contribution in [3.63, 3.8) is 0 Å². The van der Waals surface area contributed by atoms with E-state index in [9.17, 15) is 0 Å². The molecule has 1 unspecified atom stereocenters. The summed E-state index contributed by atoms with van der Waals surface area (Å²) in [6, 6.07) is 8.98. The summed E-state index contributed by atoms with van der Waals surface area (Å²) < 4.78 is 2.33. The summed E-state index contributed by atoms with van der Waals surface area (Å²) in [6.07, 6.45) is 4.31. The van der Waals surface area contributed by atoms with E-state index in [1.54, 1.807) is 0 Å². The maximum Gasteiger partial charge on any atom is 0.150 e. The van der Waals surface area contributed by atoms with Crippen LogP contribution in [0, 0.1) is 6.92 Å². The highest BCUT2D eigenvalue weighted by Crippen LogP contribution is 2.21. The van der Waals surface area contributed by atoms with Gasteiger partial charge in [0.1, 0.15) is 11.6 Å². The number of nitrogens with zero attached hydrogens (tertiary/aromatic N) is 3. The van der Waals surface area contributed by atoms with Crippen molar-refractivity contribution in [2.75, 3.05) is 6.54 Å². The van der Waals surface area contributed by atoms with Crippen LogP contribution in [0.4, 0.5) is 0 Å². The fourth-order valence-electron chi connectivity index (χ4n) is 3.13. The van der Waals surface area contributed by atoms with Crippen molar-refractivity contribution in [2.24, 2.45) is 0 Å². The Kier molecular flexibility index (Phi) is 4.34. The molecule has 0 aliphatic carbocycles. The number of aryl methyl sites for hydroxylation is 3. The third-order valence-corrected chi connectivity index (χ3v) is 4.35. The molecule has 1 atom stereocenters. The molecule has 1 aliphatic heterocycles. The van der Waals surface area contributed by atoms with Gasteiger partial charge in [-0.1, -0.05) is 37.6 Å². The molecule has 21 heavy (non-hydrogen) atoms. The molecule has 0 bridgehead atoms. The lowest BCUT2D eigenvalue weighted by Gasteiger charge is -2.24. The molecule has 3 rings (SSSR count). The van der Waals surface area contributed by atoms with Crippen LogP contribution in [0.5, 0.6) is 0 Å². The summed E-state index contributed by atoms with van der Waals surface area (Å²) in [6.45, 7) is 6.41. The van der Waals surface area contributed by atoms with Crippen molar-refractivity contribution >= 4 is 0 Å². The van der Waals surface area contributed by atoms with E-state index in [1.165, 1.54) is 17.5 Å². The lowest BCUT2D eigenvalue weighted by molar-refractivity contribution is 0.388. The van der Waals surface area contributed by atoms with Crippen LogP contribution < -0.4 is 5.32 Å². The topological polar surface area (TPSA) is 42.7 Å². The number of aromatic nitrogens is 3. The zero-order valence-corrected chi connectivity index (χ0v) is 13.0. The van der Waals surface area contributed by atoms with Gasteiger partial charge in [0, 0.05) is 19.5 Å². The van der Waals surface area contributed by atoms with Crippen LogP contribution in [-0.2, 0) is 19.4 Å². The Morgan fingerprint density at radius 1 is 1.24 bits per heavy atom. The quantitative estimate of drug-likeness (QED) is 0.918. The predicted molar refractivity (Wildman–Crippen MR) is 84.3 cm³/mol. The molecule has 0 saturated heterocycles. The minimum Gasteiger partial charge on any atom is -0.312 e. The Morgan fingerprint density at radius 2 is 2.10 bits per heavy atom. The molecule has 4 nitrogen and oxygen atoms in total. The fourth-order valence-corrected chi connectivity index (χ4v) is 3.13. The van der Waals surface area contributed by atoms with Crippen molar-refractivity contribution in [1.82, 2.24) is 20.1 Å². The third-order valence-electron chi connectivity index (χ3n) is 4.35. The van der Waals surface area contributed by atoms with Crippen LogP contribution in [0.2, 0.25) is 0 Å². The van der Waals surface area contributed by atoms with E-state index in [4.69, 9.17) is 0 Å². The maximum atomic E-state index is 4.45. The SMILES string of the molecule is CCCC1NCCn2c(CCc3ccccc3C)nnc21. The normalized spacial score (nSPS) is 17.7. The van der Waals surface area contributed by atoms with Crippen molar-refractivity contribution in [3.05, 3.63) is 47.0 Å². The van der Waals surface area contributed by atoms with Crippen LogP contribution in [0.15, 0.2) is 24.3 Å². The van der Waals surface area contributed by atoms with E-state index in [1.807, 2.05) is 0 Å². The first-order valence-electron chi connectivity index (χ1n) is 7.99. The number of hydrogen-bond donors (Lipinski definition) is 1. The smallest absolute Gasteiger partial charge is 0.150 e. The number of fused-ring (bicyclic) bond motifs is 1. The summed E-state index contributed by atoms with van der Waals surface area (Å²) in [5.41, 5.74) is 2.77. The van der Waals surface area contributed by atoms with Gasteiger partial charge in [-0.25, -0.2) is 0 Å². The molecule has 0 saturated carbocycles. The molecule has 2 heterocycles. The van der Waals surface area contributed by atoms with Gasteiger partial charge in [0.15, 0.2) is 0 Å². The van der Waals surface area contributed by atoms with Gasteiger partial charge < -0.3 is 9.88 Å². The molecule has 0 radical (unpaired) electrons. The van der Waals surface area contributed by atoms with Crippen LogP contribution in [0.25, 0.3) is 0 Å². The lowest BCUT2D eigenvalue weighted by atomic mass is 10.0. The molecule has 1 aromatic heterocycles. The first-order valence-corrected chi connectivity index (χ1v) is 7.99. The van der Waals surface area contributed by atoms with E-state index < -0.39 is 0 Å². The molecular formula is C17H24N4. The number of rotatable bonds is 5. The Bertz CT molecular complexity index is 603. The molecule has 2 aromatic rings. The second-order valence-electron chi connectivity index (χ2n) is 5.85. The highest BCUT2D eigenvalue weighted by Gasteiger charge is 2.23. The average Bonchev–Trinajstić information content (AvgIpc) is 2.91. The highest BCUT2D eigenvalue weighted by molar-refractivity contribution is 5.26. The molecule has 4 heteroatoms. The Balaban J connectivity index is 1.74. The molecule has 112 valence electrons. The number of benzene rings is 1. The van der Waals surface area contributed by atoms with Crippen molar-refractivity contribution < 1.29 is 0 Å². The van der Waals surface area contributed by atoms with Gasteiger partial charge >= 0.3 is 0 Å². The summed E-state index contributed by atoms with van der Waals surface area (Å²) in [7, 11) is 0. The van der Waals surface area contributed by atoms with E-state index in [0.717, 1.165) is 44.0 Å². The van der Waals surface area contributed by atoms with E-state index in [2.05, 4.69) is 58.2 Å². The largest absolute Gasteiger partial charge is 0.312 e. The predicted octanol–water partition coefficient (Wildman–Crippen LogP) is 2.82. The minimum atomic E-state index is 0.378. The lowest BCUT2D eigenvalue weighted by Crippen LogP contribution is -2.34. The Morgan fingerprint density at radius 3 is 2.90 bits per heavy atom. The molecular weight excluding hydrogens is 260 g/mol. The standard InChI is InChI=1S/C17H24N4/c1-3-6-15-17-20-19-16(21(17)12-11-18-15)10-9-14-8-5-4-7-13(14)2/h4-5,7-8,15,18H,3,6,9-12H2,1-2H3. The molecule has 1 N–H and O–H groups in total. The van der Waals surface area contributed by atoms with Crippen LogP contribution in [0.1, 0.15) is 48.6 Å². The summed E-state index contributed by atoms with van der Waals surface area (Å²) >= 11 is 0. The third kappa shape index (κ3) is 3.00. The number of hydrogen-bond acceptors (Lipinski definition) is 3. The Labute approximate surface area is 126 Å². The van der Waals surface area contributed by atoms with E-state index in [0.29, 0.717) is 6.04 Å². The van der Waals surface area contributed by atoms with Gasteiger partial charge in [-0.15, -0.1) is 10.2 Å². The second-order valence-corrected chi connectivity index (χ2v) is 5.85. The van der Waals surface area contributed by atoms with Gasteiger partial charge in [0.25, 0.3) is 0 Å². The minimum absolute atomic E-state index is 0.378. The molecule has 0 spiro atoms. The summed E-state index contributed by atoms with van der Waals surface area (Å²) in [5, 5.41) is 12.4. The van der Waals surface area contributed by atoms with Crippen molar-refractivity contribution in [3.8, 4) is 0 Å². The van der Waals surface area contributed by atoms with Gasteiger partial charge in [0.2, 0.25) is 0 Å². The maximum absolute atomic E-state index is 4.45. The van der Waals surface area contributed by atoms with Crippen molar-refractivity contribution in [1.29, 1.82) is 0 Å². The molecule has 1 aliphatic rings. The van der Waals surface area contributed by atoms with Crippen molar-refractivity contribution in [2.45, 2.75) is 52.1 Å². The summed E-state index contributed by atoms with van der Waals surface area (Å²) in [5.74, 6) is 2.26. The molecule has 1 aromatic carbocycles. The van der Waals surface area contributed by atoms with Crippen LogP contribution in [0.3, 0.4) is 0 Å². The van der Waals surface area contributed by atoms with Crippen LogP contribution >= 0.6 is 0 Å². The van der Waals surface area contributed by atoms with E-state index in [-0.39, 0.29) is 0 Å². The first-order chi connectivity index (χ1) is 10.3. The molecule has 0 amide bonds. The van der Waals surface area contributed by atoms with E-state index >= 15 is 0 Å². The first kappa shape index (κ1) is 14.3. The average molecular weight is 284 g/mol. The zero-order chi connectivity index (χ0) is 14.7. The molecule has 0 fully saturated rings.